The van der Waals surface area contributed by atoms with Crippen molar-refractivity contribution in [3.05, 3.63) is 47.1 Å². The monoisotopic (exact) mass is 381 g/mol. The molecule has 0 spiro atoms. The molecule has 1 unspecified atom stereocenters. The number of nitrogens with zero attached hydrogens (tertiary/aromatic N) is 6. The SMILES string of the molecule is CN(C)CCn1nnc2c1CC(c1nc(-c3ccc(C(N)=O)cc3)no1)CC2. The molecular formula is C19H23N7O2. The van der Waals surface area contributed by atoms with Gasteiger partial charge in [-0.1, -0.05) is 22.5 Å². The first kappa shape index (κ1) is 18.3. The molecule has 2 heterocycles. The van der Waals surface area contributed by atoms with E-state index in [-0.39, 0.29) is 5.92 Å². The lowest BCUT2D eigenvalue weighted by molar-refractivity contribution is 0.100. The maximum absolute atomic E-state index is 11.2. The number of benzene rings is 1. The first-order valence-electron chi connectivity index (χ1n) is 9.31. The second-order valence-electron chi connectivity index (χ2n) is 7.35. The molecule has 0 radical (unpaired) electrons. The summed E-state index contributed by atoms with van der Waals surface area (Å²) < 4.78 is 7.54. The van der Waals surface area contributed by atoms with Crippen LogP contribution in [0.2, 0.25) is 0 Å². The van der Waals surface area contributed by atoms with Crippen LogP contribution in [0.5, 0.6) is 0 Å². The molecule has 2 N–H and O–H groups in total. The van der Waals surface area contributed by atoms with E-state index in [1.165, 1.54) is 0 Å². The van der Waals surface area contributed by atoms with Crippen LogP contribution in [0.4, 0.5) is 0 Å². The Bertz CT molecular complexity index is 975. The summed E-state index contributed by atoms with van der Waals surface area (Å²) in [4.78, 5) is 17.9. The third-order valence-electron chi connectivity index (χ3n) is 5.07. The van der Waals surface area contributed by atoms with Crippen LogP contribution in [0.1, 0.15) is 40.0 Å². The molecule has 1 aliphatic rings. The number of hydrogen-bond acceptors (Lipinski definition) is 7. The van der Waals surface area contributed by atoms with Gasteiger partial charge in [-0.2, -0.15) is 4.98 Å². The van der Waals surface area contributed by atoms with Gasteiger partial charge in [0.1, 0.15) is 0 Å². The maximum Gasteiger partial charge on any atom is 0.248 e. The average molecular weight is 381 g/mol. The van der Waals surface area contributed by atoms with Crippen LogP contribution in [-0.4, -0.2) is 56.6 Å². The van der Waals surface area contributed by atoms with Gasteiger partial charge in [0.05, 0.1) is 17.9 Å². The van der Waals surface area contributed by atoms with Crippen LogP contribution in [0.15, 0.2) is 28.8 Å². The van der Waals surface area contributed by atoms with Gasteiger partial charge in [-0.3, -0.25) is 4.79 Å². The third kappa shape index (κ3) is 3.65. The number of carbonyl (C=O) groups is 1. The maximum atomic E-state index is 11.2. The predicted molar refractivity (Wildman–Crippen MR) is 102 cm³/mol. The van der Waals surface area contributed by atoms with E-state index in [9.17, 15) is 4.79 Å². The average Bonchev–Trinajstić information content (AvgIpc) is 3.33. The first-order valence-corrected chi connectivity index (χ1v) is 9.31. The number of aryl methyl sites for hydroxylation is 1. The molecule has 146 valence electrons. The Morgan fingerprint density at radius 1 is 1.32 bits per heavy atom. The van der Waals surface area contributed by atoms with Crippen LogP contribution in [0.25, 0.3) is 11.4 Å². The lowest BCUT2D eigenvalue weighted by Crippen LogP contribution is -2.22. The van der Waals surface area contributed by atoms with Gasteiger partial charge in [-0.25, -0.2) is 4.68 Å². The van der Waals surface area contributed by atoms with Gasteiger partial charge in [0.2, 0.25) is 17.6 Å². The standard InChI is InChI=1S/C19H23N7O2/c1-25(2)9-10-26-16-11-14(7-8-15(16)22-24-26)19-21-18(23-28-19)13-5-3-12(4-6-13)17(20)27/h3-6,14H,7-11H2,1-2H3,(H2,20,27). The van der Waals surface area contributed by atoms with Crippen molar-refractivity contribution in [2.24, 2.45) is 5.73 Å². The fourth-order valence-electron chi connectivity index (χ4n) is 3.42. The third-order valence-corrected chi connectivity index (χ3v) is 5.07. The number of likely N-dealkylation sites (N-methyl/N-ethyl adjacent to an activating group) is 1. The summed E-state index contributed by atoms with van der Waals surface area (Å²) in [7, 11) is 4.09. The van der Waals surface area contributed by atoms with Crippen molar-refractivity contribution in [1.29, 1.82) is 0 Å². The topological polar surface area (TPSA) is 116 Å². The van der Waals surface area contributed by atoms with Gasteiger partial charge in [0.25, 0.3) is 0 Å². The molecular weight excluding hydrogens is 358 g/mol. The minimum atomic E-state index is -0.460. The highest BCUT2D eigenvalue weighted by molar-refractivity contribution is 5.93. The van der Waals surface area contributed by atoms with Crippen LogP contribution in [0.3, 0.4) is 0 Å². The zero-order valence-corrected chi connectivity index (χ0v) is 16.0. The number of nitrogens with two attached hydrogens (primary N) is 1. The smallest absolute Gasteiger partial charge is 0.248 e. The van der Waals surface area contributed by atoms with Crippen LogP contribution < -0.4 is 5.73 Å². The first-order chi connectivity index (χ1) is 13.5. The molecule has 0 aliphatic heterocycles. The highest BCUT2D eigenvalue weighted by Gasteiger charge is 2.29. The van der Waals surface area contributed by atoms with E-state index in [0.717, 1.165) is 49.3 Å². The van der Waals surface area contributed by atoms with Crippen molar-refractivity contribution in [3.8, 4) is 11.4 Å². The molecule has 9 nitrogen and oxygen atoms in total. The van der Waals surface area contributed by atoms with Crippen molar-refractivity contribution in [2.45, 2.75) is 31.7 Å². The van der Waals surface area contributed by atoms with E-state index in [4.69, 9.17) is 10.3 Å². The zero-order chi connectivity index (χ0) is 19.7. The Labute approximate surface area is 162 Å². The highest BCUT2D eigenvalue weighted by Crippen LogP contribution is 2.32. The normalized spacial score (nSPS) is 16.3. The highest BCUT2D eigenvalue weighted by atomic mass is 16.5. The van der Waals surface area contributed by atoms with E-state index in [1.807, 2.05) is 18.8 Å². The number of fused-ring (bicyclic) bond motifs is 1. The van der Waals surface area contributed by atoms with Gasteiger partial charge >= 0.3 is 0 Å². The number of amides is 1. The van der Waals surface area contributed by atoms with Crippen molar-refractivity contribution in [3.63, 3.8) is 0 Å². The Kier molecular flexibility index (Phi) is 4.91. The van der Waals surface area contributed by atoms with Gasteiger partial charge in [-0.05, 0) is 39.1 Å². The molecule has 1 aliphatic carbocycles. The fourth-order valence-corrected chi connectivity index (χ4v) is 3.42. The molecule has 0 saturated heterocycles. The summed E-state index contributed by atoms with van der Waals surface area (Å²) in [6.07, 6.45) is 2.55. The minimum Gasteiger partial charge on any atom is -0.366 e. The summed E-state index contributed by atoms with van der Waals surface area (Å²) in [6, 6.07) is 6.87. The number of primary amides is 1. The van der Waals surface area contributed by atoms with E-state index >= 15 is 0 Å². The largest absolute Gasteiger partial charge is 0.366 e. The summed E-state index contributed by atoms with van der Waals surface area (Å²) in [5.41, 5.74) is 8.74. The van der Waals surface area contributed by atoms with Crippen molar-refractivity contribution in [2.75, 3.05) is 20.6 Å². The van der Waals surface area contributed by atoms with Crippen molar-refractivity contribution in [1.82, 2.24) is 30.0 Å². The Balaban J connectivity index is 1.51. The molecule has 1 amide bonds. The molecule has 4 rings (SSSR count). The Morgan fingerprint density at radius 3 is 2.82 bits per heavy atom. The molecule has 0 bridgehead atoms. The zero-order valence-electron chi connectivity index (χ0n) is 16.0. The Morgan fingerprint density at radius 2 is 2.11 bits per heavy atom. The summed E-state index contributed by atoms with van der Waals surface area (Å²) in [5.74, 6) is 0.823. The second-order valence-corrected chi connectivity index (χ2v) is 7.35. The van der Waals surface area contributed by atoms with Gasteiger partial charge < -0.3 is 15.2 Å². The van der Waals surface area contributed by atoms with Gasteiger partial charge in [0.15, 0.2) is 0 Å². The lowest BCUT2D eigenvalue weighted by atomic mass is 9.89. The molecule has 0 fully saturated rings. The lowest BCUT2D eigenvalue weighted by Gasteiger charge is -2.19. The van der Waals surface area contributed by atoms with E-state index < -0.39 is 5.91 Å². The fraction of sp³-hybridized carbons (Fsp3) is 0.421. The molecule has 3 aromatic rings. The second kappa shape index (κ2) is 7.51. The van der Waals surface area contributed by atoms with Gasteiger partial charge in [-0.15, -0.1) is 5.10 Å². The number of hydrogen-bond donors (Lipinski definition) is 1. The van der Waals surface area contributed by atoms with Crippen LogP contribution in [-0.2, 0) is 19.4 Å². The molecule has 1 atom stereocenters. The van der Waals surface area contributed by atoms with E-state index in [1.54, 1.807) is 24.3 Å². The molecule has 9 heteroatoms. The van der Waals surface area contributed by atoms with Gasteiger partial charge in [0, 0.05) is 30.0 Å². The number of rotatable bonds is 6. The molecule has 28 heavy (non-hydrogen) atoms. The Hall–Kier alpha value is -3.07. The van der Waals surface area contributed by atoms with Crippen LogP contribution >= 0.6 is 0 Å². The van der Waals surface area contributed by atoms with Crippen LogP contribution in [0, 0.1) is 0 Å². The molecule has 1 aromatic carbocycles. The minimum absolute atomic E-state index is 0.148. The summed E-state index contributed by atoms with van der Waals surface area (Å²) in [5, 5.41) is 12.8. The summed E-state index contributed by atoms with van der Waals surface area (Å²) >= 11 is 0. The quantitative estimate of drug-likeness (QED) is 0.683. The van der Waals surface area contributed by atoms with E-state index in [2.05, 4.69) is 25.4 Å². The van der Waals surface area contributed by atoms with E-state index in [0.29, 0.717) is 17.3 Å². The predicted octanol–water partition coefficient (Wildman–Crippen LogP) is 1.26. The van der Waals surface area contributed by atoms with Crippen molar-refractivity contribution < 1.29 is 9.32 Å². The number of carbonyl (C=O) groups excluding carboxylic acids is 1. The summed E-state index contributed by atoms with van der Waals surface area (Å²) in [6.45, 7) is 1.72. The molecule has 2 aromatic heterocycles. The molecule has 0 saturated carbocycles. The number of aromatic nitrogens is 5. The van der Waals surface area contributed by atoms with Crippen molar-refractivity contribution >= 4 is 5.91 Å².